The molecule has 3 nitrogen and oxygen atoms in total. The number of benzene rings is 1. The summed E-state index contributed by atoms with van der Waals surface area (Å²) in [4.78, 5) is 0. The normalized spacial score (nSPS) is 12.9. The van der Waals surface area contributed by atoms with Gasteiger partial charge < -0.3 is 9.84 Å². The third kappa shape index (κ3) is 4.05. The molecule has 0 aromatic heterocycles. The van der Waals surface area contributed by atoms with Crippen molar-refractivity contribution in [3.63, 3.8) is 0 Å². The van der Waals surface area contributed by atoms with Crippen molar-refractivity contribution in [1.82, 2.24) is 0 Å². The zero-order chi connectivity index (χ0) is 13.8. The maximum atomic E-state index is 9.48. The third-order valence-electron chi connectivity index (χ3n) is 2.97. The minimum Gasteiger partial charge on any atom is -0.493 e. The molecule has 0 fully saturated rings. The molecule has 1 aromatic carbocycles. The average molecular weight is 247 g/mol. The predicted molar refractivity (Wildman–Crippen MR) is 71.3 cm³/mol. The largest absolute Gasteiger partial charge is 0.493 e. The summed E-state index contributed by atoms with van der Waals surface area (Å²) < 4.78 is 5.68. The molecule has 1 N–H and O–H groups in total. The van der Waals surface area contributed by atoms with Crippen LogP contribution in [0.25, 0.3) is 0 Å². The Balaban J connectivity index is 2.62. The molecule has 18 heavy (non-hydrogen) atoms. The van der Waals surface area contributed by atoms with Gasteiger partial charge in [0, 0.05) is 0 Å². The summed E-state index contributed by atoms with van der Waals surface area (Å²) in [5.41, 5.74) is 1.54. The molecule has 1 rings (SSSR count). The number of aliphatic hydroxyl groups is 1. The Bertz CT molecular complexity index is 444. The molecule has 0 saturated carbocycles. The quantitative estimate of drug-likeness (QED) is 0.868. The van der Waals surface area contributed by atoms with E-state index in [9.17, 15) is 5.11 Å². The standard InChI is InChI=1S/C15H21NO2/c1-11-9-13(12(2)17)5-6-14(11)18-8-7-15(3,4)10-16/h5-6,9,12,17H,7-8H2,1-4H3. The van der Waals surface area contributed by atoms with Crippen molar-refractivity contribution in [3.05, 3.63) is 29.3 Å². The van der Waals surface area contributed by atoms with Crippen molar-refractivity contribution < 1.29 is 9.84 Å². The van der Waals surface area contributed by atoms with Gasteiger partial charge in [0.1, 0.15) is 5.75 Å². The lowest BCUT2D eigenvalue weighted by molar-refractivity contribution is 0.199. The first-order valence-corrected chi connectivity index (χ1v) is 6.18. The smallest absolute Gasteiger partial charge is 0.122 e. The van der Waals surface area contributed by atoms with Crippen LogP contribution in [0.2, 0.25) is 0 Å². The predicted octanol–water partition coefficient (Wildman–Crippen LogP) is 3.37. The summed E-state index contributed by atoms with van der Waals surface area (Å²) in [6.45, 7) is 8.02. The first-order chi connectivity index (χ1) is 8.35. The zero-order valence-corrected chi connectivity index (χ0v) is 11.5. The molecule has 1 aromatic rings. The van der Waals surface area contributed by atoms with Gasteiger partial charge in [-0.15, -0.1) is 0 Å². The number of aryl methyl sites for hydroxylation is 1. The summed E-state index contributed by atoms with van der Waals surface area (Å²) in [6.07, 6.45) is 0.233. The second-order valence-corrected chi connectivity index (χ2v) is 5.30. The highest BCUT2D eigenvalue weighted by molar-refractivity contribution is 5.36. The van der Waals surface area contributed by atoms with Crippen LogP contribution in [0.15, 0.2) is 18.2 Å². The molecule has 1 atom stereocenters. The van der Waals surface area contributed by atoms with E-state index < -0.39 is 6.10 Å². The number of ether oxygens (including phenoxy) is 1. The number of hydrogen-bond acceptors (Lipinski definition) is 3. The van der Waals surface area contributed by atoms with Crippen LogP contribution in [-0.4, -0.2) is 11.7 Å². The van der Waals surface area contributed by atoms with E-state index in [4.69, 9.17) is 10.00 Å². The Labute approximate surface area is 109 Å². The minimum atomic E-state index is -0.463. The molecule has 3 heteroatoms. The summed E-state index contributed by atoms with van der Waals surface area (Å²) >= 11 is 0. The maximum Gasteiger partial charge on any atom is 0.122 e. The van der Waals surface area contributed by atoms with Gasteiger partial charge >= 0.3 is 0 Å². The van der Waals surface area contributed by atoms with E-state index in [-0.39, 0.29) is 5.41 Å². The fourth-order valence-electron chi connectivity index (χ4n) is 1.57. The van der Waals surface area contributed by atoms with Gasteiger partial charge in [-0.25, -0.2) is 0 Å². The van der Waals surface area contributed by atoms with Gasteiger partial charge in [0.25, 0.3) is 0 Å². The Morgan fingerprint density at radius 3 is 2.61 bits per heavy atom. The number of nitrogens with zero attached hydrogens (tertiary/aromatic N) is 1. The molecule has 0 spiro atoms. The van der Waals surface area contributed by atoms with Gasteiger partial charge in [0.2, 0.25) is 0 Å². The summed E-state index contributed by atoms with van der Waals surface area (Å²) in [5, 5.41) is 18.4. The molecule has 98 valence electrons. The third-order valence-corrected chi connectivity index (χ3v) is 2.97. The Hall–Kier alpha value is -1.53. The van der Waals surface area contributed by atoms with Crippen LogP contribution in [0.4, 0.5) is 0 Å². The topological polar surface area (TPSA) is 53.2 Å². The monoisotopic (exact) mass is 247 g/mol. The van der Waals surface area contributed by atoms with E-state index in [1.165, 1.54) is 0 Å². The fourth-order valence-corrected chi connectivity index (χ4v) is 1.57. The molecule has 0 bridgehead atoms. The van der Waals surface area contributed by atoms with Gasteiger partial charge in [-0.05, 0) is 57.4 Å². The summed E-state index contributed by atoms with van der Waals surface area (Å²) in [6, 6.07) is 7.91. The van der Waals surface area contributed by atoms with Crippen LogP contribution in [0.3, 0.4) is 0 Å². The highest BCUT2D eigenvalue weighted by Gasteiger charge is 2.16. The number of rotatable bonds is 5. The fraction of sp³-hybridized carbons (Fsp3) is 0.533. The van der Waals surface area contributed by atoms with Gasteiger partial charge in [0.15, 0.2) is 0 Å². The van der Waals surface area contributed by atoms with E-state index in [1.807, 2.05) is 39.0 Å². The first-order valence-electron chi connectivity index (χ1n) is 6.18. The Morgan fingerprint density at radius 1 is 1.44 bits per heavy atom. The van der Waals surface area contributed by atoms with Crippen LogP contribution >= 0.6 is 0 Å². The molecule has 0 radical (unpaired) electrons. The second-order valence-electron chi connectivity index (χ2n) is 5.30. The zero-order valence-electron chi connectivity index (χ0n) is 11.5. The number of hydrogen-bond donors (Lipinski definition) is 1. The first kappa shape index (κ1) is 14.5. The highest BCUT2D eigenvalue weighted by Crippen LogP contribution is 2.24. The second kappa shape index (κ2) is 5.88. The van der Waals surface area contributed by atoms with Gasteiger partial charge in [-0.2, -0.15) is 5.26 Å². The minimum absolute atomic E-state index is 0.354. The van der Waals surface area contributed by atoms with Crippen LogP contribution in [0, 0.1) is 23.7 Å². The molecule has 1 unspecified atom stereocenters. The molecule has 0 amide bonds. The van der Waals surface area contributed by atoms with E-state index in [0.717, 1.165) is 16.9 Å². The van der Waals surface area contributed by atoms with E-state index >= 15 is 0 Å². The molecule has 0 saturated heterocycles. The average Bonchev–Trinajstić information content (AvgIpc) is 2.31. The van der Waals surface area contributed by atoms with Crippen molar-refractivity contribution in [2.75, 3.05) is 6.61 Å². The molecule has 0 heterocycles. The maximum absolute atomic E-state index is 9.48. The van der Waals surface area contributed by atoms with Gasteiger partial charge in [-0.3, -0.25) is 0 Å². The number of aliphatic hydroxyl groups excluding tert-OH is 1. The Kier molecular flexibility index (Phi) is 4.75. The lowest BCUT2D eigenvalue weighted by atomic mass is 9.92. The lowest BCUT2D eigenvalue weighted by Crippen LogP contribution is -2.13. The van der Waals surface area contributed by atoms with E-state index in [0.29, 0.717) is 13.0 Å². The van der Waals surface area contributed by atoms with Crippen molar-refractivity contribution in [2.45, 2.75) is 40.2 Å². The molecular weight excluding hydrogens is 226 g/mol. The van der Waals surface area contributed by atoms with Gasteiger partial charge in [0.05, 0.1) is 24.2 Å². The summed E-state index contributed by atoms with van der Waals surface area (Å²) in [5.74, 6) is 0.813. The summed E-state index contributed by atoms with van der Waals surface area (Å²) in [7, 11) is 0. The van der Waals surface area contributed by atoms with Crippen molar-refractivity contribution >= 4 is 0 Å². The highest BCUT2D eigenvalue weighted by atomic mass is 16.5. The lowest BCUT2D eigenvalue weighted by Gasteiger charge is -2.16. The van der Waals surface area contributed by atoms with Crippen molar-refractivity contribution in [2.24, 2.45) is 5.41 Å². The van der Waals surface area contributed by atoms with Crippen molar-refractivity contribution in [3.8, 4) is 11.8 Å². The van der Waals surface area contributed by atoms with Crippen LogP contribution in [0.1, 0.15) is 44.4 Å². The molecular formula is C15H21NO2. The SMILES string of the molecule is Cc1cc(C(C)O)ccc1OCCC(C)(C)C#N. The van der Waals surface area contributed by atoms with Crippen LogP contribution in [0.5, 0.6) is 5.75 Å². The van der Waals surface area contributed by atoms with E-state index in [2.05, 4.69) is 6.07 Å². The Morgan fingerprint density at radius 2 is 2.11 bits per heavy atom. The number of nitriles is 1. The van der Waals surface area contributed by atoms with E-state index in [1.54, 1.807) is 6.92 Å². The molecule has 0 aliphatic rings. The van der Waals surface area contributed by atoms with Crippen LogP contribution in [-0.2, 0) is 0 Å². The van der Waals surface area contributed by atoms with Gasteiger partial charge in [-0.1, -0.05) is 6.07 Å². The van der Waals surface area contributed by atoms with Crippen LogP contribution < -0.4 is 4.74 Å². The molecule has 0 aliphatic heterocycles. The molecule has 0 aliphatic carbocycles. The van der Waals surface area contributed by atoms with Crippen molar-refractivity contribution in [1.29, 1.82) is 5.26 Å².